The molecule has 0 atom stereocenters. The Bertz CT molecular complexity index is 261. The number of nitrogens with two attached hydrogens (primary N) is 1. The van der Waals surface area contributed by atoms with Gasteiger partial charge in [0.1, 0.15) is 0 Å². The second kappa shape index (κ2) is 4.84. The first-order valence-corrected chi connectivity index (χ1v) is 4.32. The SMILES string of the molecule is CN(C)c1cccc(CCON)c1. The van der Waals surface area contributed by atoms with Gasteiger partial charge in [0, 0.05) is 19.8 Å². The summed E-state index contributed by atoms with van der Waals surface area (Å²) in [4.78, 5) is 6.61. The van der Waals surface area contributed by atoms with E-state index in [2.05, 4.69) is 27.9 Å². The fourth-order valence-electron chi connectivity index (χ4n) is 1.17. The van der Waals surface area contributed by atoms with Gasteiger partial charge in [-0.3, -0.25) is 0 Å². The van der Waals surface area contributed by atoms with Gasteiger partial charge in [0.2, 0.25) is 0 Å². The zero-order valence-electron chi connectivity index (χ0n) is 8.16. The lowest BCUT2D eigenvalue weighted by atomic mass is 10.1. The molecule has 1 aromatic rings. The van der Waals surface area contributed by atoms with E-state index in [0.29, 0.717) is 6.61 Å². The van der Waals surface area contributed by atoms with Gasteiger partial charge >= 0.3 is 0 Å². The highest BCUT2D eigenvalue weighted by molar-refractivity contribution is 5.47. The number of nitrogens with zero attached hydrogens (tertiary/aromatic N) is 1. The third kappa shape index (κ3) is 3.05. The molecular formula is C10H16N2O. The van der Waals surface area contributed by atoms with E-state index in [0.717, 1.165) is 6.42 Å². The van der Waals surface area contributed by atoms with Gasteiger partial charge in [0.25, 0.3) is 0 Å². The molecule has 1 aromatic carbocycles. The lowest BCUT2D eigenvalue weighted by Gasteiger charge is -2.13. The lowest BCUT2D eigenvalue weighted by Crippen LogP contribution is -2.09. The molecule has 0 spiro atoms. The van der Waals surface area contributed by atoms with Gasteiger partial charge in [-0.05, 0) is 24.1 Å². The summed E-state index contributed by atoms with van der Waals surface area (Å²) in [5.74, 6) is 4.96. The first kappa shape index (κ1) is 10.0. The minimum atomic E-state index is 0.566. The smallest absolute Gasteiger partial charge is 0.0719 e. The van der Waals surface area contributed by atoms with Crippen molar-refractivity contribution in [3.05, 3.63) is 29.8 Å². The van der Waals surface area contributed by atoms with Crippen LogP contribution in [-0.4, -0.2) is 20.7 Å². The third-order valence-electron chi connectivity index (χ3n) is 1.94. The molecular weight excluding hydrogens is 164 g/mol. The molecule has 3 nitrogen and oxygen atoms in total. The van der Waals surface area contributed by atoms with Crippen LogP contribution in [0.3, 0.4) is 0 Å². The largest absolute Gasteiger partial charge is 0.378 e. The first-order chi connectivity index (χ1) is 6.24. The number of rotatable bonds is 4. The normalized spacial score (nSPS) is 10.1. The Kier molecular flexibility index (Phi) is 3.73. The van der Waals surface area contributed by atoms with Gasteiger partial charge in [0.15, 0.2) is 0 Å². The Morgan fingerprint density at radius 1 is 1.38 bits per heavy atom. The van der Waals surface area contributed by atoms with E-state index >= 15 is 0 Å². The summed E-state index contributed by atoms with van der Waals surface area (Å²) >= 11 is 0. The van der Waals surface area contributed by atoms with Crippen molar-refractivity contribution in [2.75, 3.05) is 25.6 Å². The molecule has 72 valence electrons. The predicted molar refractivity (Wildman–Crippen MR) is 54.6 cm³/mol. The second-order valence-corrected chi connectivity index (χ2v) is 3.19. The van der Waals surface area contributed by atoms with Gasteiger partial charge in [-0.25, -0.2) is 5.90 Å². The molecule has 2 N–H and O–H groups in total. The standard InChI is InChI=1S/C10H16N2O/c1-12(2)10-5-3-4-9(8-10)6-7-13-11/h3-5,8H,6-7,11H2,1-2H3. The molecule has 0 saturated carbocycles. The summed E-state index contributed by atoms with van der Waals surface area (Å²) in [6.07, 6.45) is 0.859. The van der Waals surface area contributed by atoms with Crippen LogP contribution in [-0.2, 0) is 11.3 Å². The van der Waals surface area contributed by atoms with Crippen LogP contribution in [0.25, 0.3) is 0 Å². The average Bonchev–Trinajstić information content (AvgIpc) is 2.15. The second-order valence-electron chi connectivity index (χ2n) is 3.19. The maximum atomic E-state index is 4.96. The molecule has 13 heavy (non-hydrogen) atoms. The molecule has 0 radical (unpaired) electrons. The fraction of sp³-hybridized carbons (Fsp3) is 0.400. The Hall–Kier alpha value is -1.06. The Morgan fingerprint density at radius 2 is 2.15 bits per heavy atom. The lowest BCUT2D eigenvalue weighted by molar-refractivity contribution is 0.141. The molecule has 0 aliphatic heterocycles. The zero-order valence-corrected chi connectivity index (χ0v) is 8.16. The quantitative estimate of drug-likeness (QED) is 0.707. The molecule has 0 amide bonds. The van der Waals surface area contributed by atoms with Gasteiger partial charge in [0.05, 0.1) is 6.61 Å². The average molecular weight is 180 g/mol. The molecule has 0 unspecified atom stereocenters. The van der Waals surface area contributed by atoms with Crippen LogP contribution >= 0.6 is 0 Å². The van der Waals surface area contributed by atoms with Crippen molar-refractivity contribution in [1.82, 2.24) is 0 Å². The minimum absolute atomic E-state index is 0.566. The van der Waals surface area contributed by atoms with Crippen molar-refractivity contribution in [3.8, 4) is 0 Å². The predicted octanol–water partition coefficient (Wildman–Crippen LogP) is 1.19. The Balaban J connectivity index is 2.68. The van der Waals surface area contributed by atoms with Crippen LogP contribution in [0.15, 0.2) is 24.3 Å². The highest BCUT2D eigenvalue weighted by Crippen LogP contribution is 2.13. The van der Waals surface area contributed by atoms with Crippen molar-refractivity contribution in [1.29, 1.82) is 0 Å². The fourth-order valence-corrected chi connectivity index (χ4v) is 1.17. The molecule has 0 bridgehead atoms. The summed E-state index contributed by atoms with van der Waals surface area (Å²) in [7, 11) is 4.05. The Labute approximate surface area is 79.1 Å². The zero-order chi connectivity index (χ0) is 9.68. The molecule has 0 aliphatic carbocycles. The van der Waals surface area contributed by atoms with Crippen LogP contribution in [0.5, 0.6) is 0 Å². The van der Waals surface area contributed by atoms with Crippen molar-refractivity contribution in [3.63, 3.8) is 0 Å². The molecule has 3 heteroatoms. The molecule has 1 rings (SSSR count). The van der Waals surface area contributed by atoms with E-state index in [1.807, 2.05) is 20.2 Å². The van der Waals surface area contributed by atoms with E-state index in [-0.39, 0.29) is 0 Å². The highest BCUT2D eigenvalue weighted by atomic mass is 16.6. The van der Waals surface area contributed by atoms with Gasteiger partial charge in [-0.15, -0.1) is 0 Å². The maximum absolute atomic E-state index is 4.96. The molecule has 0 fully saturated rings. The molecule has 0 aromatic heterocycles. The van der Waals surface area contributed by atoms with Crippen LogP contribution in [0.4, 0.5) is 5.69 Å². The van der Waals surface area contributed by atoms with Crippen LogP contribution in [0.1, 0.15) is 5.56 Å². The van der Waals surface area contributed by atoms with Crippen molar-refractivity contribution in [2.24, 2.45) is 5.90 Å². The summed E-state index contributed by atoms with van der Waals surface area (Å²) in [6, 6.07) is 8.33. The number of benzene rings is 1. The molecule has 0 aliphatic rings. The maximum Gasteiger partial charge on any atom is 0.0719 e. The van der Waals surface area contributed by atoms with Crippen LogP contribution in [0.2, 0.25) is 0 Å². The van der Waals surface area contributed by atoms with E-state index < -0.39 is 0 Å². The molecule has 0 saturated heterocycles. The highest BCUT2D eigenvalue weighted by Gasteiger charge is 1.97. The first-order valence-electron chi connectivity index (χ1n) is 4.32. The number of hydrogen-bond donors (Lipinski definition) is 1. The van der Waals surface area contributed by atoms with Crippen LogP contribution < -0.4 is 10.8 Å². The van der Waals surface area contributed by atoms with Crippen molar-refractivity contribution < 1.29 is 4.84 Å². The number of anilines is 1. The summed E-state index contributed by atoms with van der Waals surface area (Å²) in [5.41, 5.74) is 2.45. The molecule has 0 heterocycles. The third-order valence-corrected chi connectivity index (χ3v) is 1.94. The van der Waals surface area contributed by atoms with Crippen molar-refractivity contribution in [2.45, 2.75) is 6.42 Å². The summed E-state index contributed by atoms with van der Waals surface area (Å²) in [5, 5.41) is 0. The minimum Gasteiger partial charge on any atom is -0.378 e. The summed E-state index contributed by atoms with van der Waals surface area (Å²) < 4.78 is 0. The van der Waals surface area contributed by atoms with Crippen molar-refractivity contribution >= 4 is 5.69 Å². The Morgan fingerprint density at radius 3 is 2.77 bits per heavy atom. The summed E-state index contributed by atoms with van der Waals surface area (Å²) in [6.45, 7) is 0.566. The van der Waals surface area contributed by atoms with E-state index in [1.54, 1.807) is 0 Å². The van der Waals surface area contributed by atoms with E-state index in [1.165, 1.54) is 11.3 Å². The topological polar surface area (TPSA) is 38.5 Å². The van der Waals surface area contributed by atoms with Gasteiger partial charge in [-0.2, -0.15) is 0 Å². The van der Waals surface area contributed by atoms with E-state index in [4.69, 9.17) is 5.90 Å². The number of hydrogen-bond acceptors (Lipinski definition) is 3. The van der Waals surface area contributed by atoms with Crippen LogP contribution in [0, 0.1) is 0 Å². The van der Waals surface area contributed by atoms with Gasteiger partial charge < -0.3 is 9.74 Å². The van der Waals surface area contributed by atoms with E-state index in [9.17, 15) is 0 Å². The monoisotopic (exact) mass is 180 g/mol. The van der Waals surface area contributed by atoms with Gasteiger partial charge in [-0.1, -0.05) is 12.1 Å².